The standard InChI is InChI=1S/C40H65NS2/c1-2-12-28(13-3-1)41(35-18-8-11-26-10-4-5-14-30(26)35)29-22-20-27(21-23-29)31-16-9-17-32-33-24-25-37-38(40(33)43-39(31)32)34-15-6-7-19-36(34)42-37/h26-40H,1-25H2. The number of hydrogen-bond acceptors (Lipinski definition) is 3. The van der Waals surface area contributed by atoms with E-state index in [4.69, 9.17) is 0 Å². The summed E-state index contributed by atoms with van der Waals surface area (Å²) in [6, 6.07) is 2.83. The minimum Gasteiger partial charge on any atom is -0.294 e. The zero-order valence-corrected chi connectivity index (χ0v) is 29.2. The first-order valence-electron chi connectivity index (χ1n) is 20.4. The van der Waals surface area contributed by atoms with Crippen LogP contribution < -0.4 is 0 Å². The highest BCUT2D eigenvalue weighted by atomic mass is 32.2. The summed E-state index contributed by atoms with van der Waals surface area (Å²) in [6.45, 7) is 0. The molecule has 9 rings (SSSR count). The monoisotopic (exact) mass is 623 g/mol. The van der Waals surface area contributed by atoms with E-state index in [0.29, 0.717) is 0 Å². The number of nitrogens with zero attached hydrogens (tertiary/aromatic N) is 1. The van der Waals surface area contributed by atoms with Gasteiger partial charge in [0.05, 0.1) is 0 Å². The number of rotatable bonds is 4. The Kier molecular flexibility index (Phi) is 8.96. The molecule has 2 aliphatic heterocycles. The van der Waals surface area contributed by atoms with Gasteiger partial charge in [0.1, 0.15) is 0 Å². The van der Waals surface area contributed by atoms with Crippen LogP contribution in [0.15, 0.2) is 0 Å². The van der Waals surface area contributed by atoms with Crippen LogP contribution in [-0.2, 0) is 0 Å². The lowest BCUT2D eigenvalue weighted by Crippen LogP contribution is -2.56. The maximum absolute atomic E-state index is 3.33. The lowest BCUT2D eigenvalue weighted by atomic mass is 9.62. The summed E-state index contributed by atoms with van der Waals surface area (Å²) in [6.07, 6.45) is 39.0. The molecule has 43 heavy (non-hydrogen) atoms. The SMILES string of the molecule is C1CCC(N(C2CCC(C3CCCC4C5CCC6SC7CCCCC7C6C5SC34)CC2)C2CCCC3CCCCC32)CC1. The van der Waals surface area contributed by atoms with Crippen LogP contribution in [0.25, 0.3) is 0 Å². The highest BCUT2D eigenvalue weighted by Crippen LogP contribution is 2.66. The van der Waals surface area contributed by atoms with Gasteiger partial charge in [-0.25, -0.2) is 0 Å². The van der Waals surface area contributed by atoms with Gasteiger partial charge in [0.2, 0.25) is 0 Å². The quantitative estimate of drug-likeness (QED) is 0.307. The molecule has 0 spiro atoms. The van der Waals surface area contributed by atoms with Crippen molar-refractivity contribution in [3.8, 4) is 0 Å². The van der Waals surface area contributed by atoms with Crippen molar-refractivity contribution in [2.45, 2.75) is 200 Å². The van der Waals surface area contributed by atoms with Crippen LogP contribution in [-0.4, -0.2) is 44.0 Å². The van der Waals surface area contributed by atoms with Gasteiger partial charge in [0.25, 0.3) is 0 Å². The van der Waals surface area contributed by atoms with Crippen molar-refractivity contribution in [2.75, 3.05) is 0 Å². The smallest absolute Gasteiger partial charge is 0.0132 e. The fraction of sp³-hybridized carbons (Fsp3) is 1.00. The van der Waals surface area contributed by atoms with Crippen molar-refractivity contribution in [3.05, 3.63) is 0 Å². The first kappa shape index (κ1) is 29.8. The van der Waals surface area contributed by atoms with E-state index < -0.39 is 0 Å². The number of hydrogen-bond donors (Lipinski definition) is 0. The molecule has 9 aliphatic rings. The van der Waals surface area contributed by atoms with E-state index in [9.17, 15) is 0 Å². The van der Waals surface area contributed by atoms with Crippen LogP contribution in [0, 0.1) is 47.3 Å². The zero-order chi connectivity index (χ0) is 28.3. The van der Waals surface area contributed by atoms with Crippen molar-refractivity contribution < 1.29 is 0 Å². The Bertz CT molecular complexity index is 937. The van der Waals surface area contributed by atoms with E-state index in [0.717, 1.165) is 86.5 Å². The summed E-state index contributed by atoms with van der Waals surface area (Å²) in [5.74, 6) is 8.69. The summed E-state index contributed by atoms with van der Waals surface area (Å²) in [7, 11) is 0. The normalized spacial score (nSPS) is 52.1. The Morgan fingerprint density at radius 1 is 0.349 bits per heavy atom. The molecular weight excluding hydrogens is 559 g/mol. The van der Waals surface area contributed by atoms with E-state index in [1.807, 2.05) is 0 Å². The highest BCUT2D eigenvalue weighted by Gasteiger charge is 2.59. The van der Waals surface area contributed by atoms with Crippen LogP contribution in [0.1, 0.15) is 161 Å². The third-order valence-electron chi connectivity index (χ3n) is 16.1. The van der Waals surface area contributed by atoms with E-state index in [-0.39, 0.29) is 0 Å². The molecule has 12 atom stereocenters. The lowest BCUT2D eigenvalue weighted by Gasteiger charge is -2.54. The fourth-order valence-corrected chi connectivity index (χ4v) is 19.2. The van der Waals surface area contributed by atoms with E-state index in [1.54, 1.807) is 103 Å². The molecule has 0 amide bonds. The average molecular weight is 624 g/mol. The minimum atomic E-state index is 0.933. The van der Waals surface area contributed by atoms with Gasteiger partial charge in [-0.2, -0.15) is 23.5 Å². The van der Waals surface area contributed by atoms with Crippen molar-refractivity contribution in [3.63, 3.8) is 0 Å². The Balaban J connectivity index is 0.896. The van der Waals surface area contributed by atoms with Crippen LogP contribution in [0.5, 0.6) is 0 Å². The van der Waals surface area contributed by atoms with Gasteiger partial charge in [-0.1, -0.05) is 70.6 Å². The summed E-state index contributed by atoms with van der Waals surface area (Å²) < 4.78 is 0. The van der Waals surface area contributed by atoms with Gasteiger partial charge in [0, 0.05) is 39.1 Å². The molecule has 0 aromatic heterocycles. The van der Waals surface area contributed by atoms with Crippen molar-refractivity contribution in [1.82, 2.24) is 4.90 Å². The molecule has 242 valence electrons. The first-order valence-corrected chi connectivity index (χ1v) is 22.3. The average Bonchev–Trinajstić information content (AvgIpc) is 3.64. The minimum absolute atomic E-state index is 0.933. The van der Waals surface area contributed by atoms with Gasteiger partial charge >= 0.3 is 0 Å². The Morgan fingerprint density at radius 2 is 0.977 bits per heavy atom. The van der Waals surface area contributed by atoms with Crippen LogP contribution in [0.2, 0.25) is 0 Å². The Morgan fingerprint density at radius 3 is 1.86 bits per heavy atom. The summed E-state index contributed by atoms with van der Waals surface area (Å²) in [5.41, 5.74) is 0. The van der Waals surface area contributed by atoms with Crippen LogP contribution >= 0.6 is 23.5 Å². The summed E-state index contributed by atoms with van der Waals surface area (Å²) in [4.78, 5) is 3.33. The largest absolute Gasteiger partial charge is 0.294 e. The molecule has 2 saturated heterocycles. The molecule has 0 aromatic carbocycles. The van der Waals surface area contributed by atoms with Gasteiger partial charge in [-0.15, -0.1) is 0 Å². The van der Waals surface area contributed by atoms with Crippen molar-refractivity contribution >= 4 is 23.5 Å². The van der Waals surface area contributed by atoms with Gasteiger partial charge < -0.3 is 0 Å². The second-order valence-corrected chi connectivity index (χ2v) is 20.7. The van der Waals surface area contributed by atoms with Crippen LogP contribution in [0.4, 0.5) is 0 Å². The predicted octanol–water partition coefficient (Wildman–Crippen LogP) is 11.1. The Labute approximate surface area is 274 Å². The second-order valence-electron chi connectivity index (χ2n) is 17.8. The molecule has 7 aliphatic carbocycles. The van der Waals surface area contributed by atoms with E-state index in [1.165, 1.54) is 57.8 Å². The third-order valence-corrected chi connectivity index (χ3v) is 19.9. The van der Waals surface area contributed by atoms with E-state index in [2.05, 4.69) is 28.4 Å². The number of fused-ring (bicyclic) bond motifs is 8. The molecule has 0 N–H and O–H groups in total. The Hall–Kier alpha value is 0.660. The first-order chi connectivity index (χ1) is 21.3. The van der Waals surface area contributed by atoms with Crippen LogP contribution in [0.3, 0.4) is 0 Å². The maximum Gasteiger partial charge on any atom is 0.0132 e. The topological polar surface area (TPSA) is 3.24 Å². The highest BCUT2D eigenvalue weighted by molar-refractivity contribution is 8.02. The van der Waals surface area contributed by atoms with Crippen molar-refractivity contribution in [1.29, 1.82) is 0 Å². The maximum atomic E-state index is 3.33. The number of thioether (sulfide) groups is 2. The fourth-order valence-electron chi connectivity index (χ4n) is 14.4. The molecule has 0 radical (unpaired) electrons. The molecule has 2 heterocycles. The molecule has 0 bridgehead atoms. The molecule has 9 fully saturated rings. The third kappa shape index (κ3) is 5.46. The van der Waals surface area contributed by atoms with Gasteiger partial charge in [-0.3, -0.25) is 4.90 Å². The summed E-state index contributed by atoms with van der Waals surface area (Å²) in [5, 5.41) is 4.21. The summed E-state index contributed by atoms with van der Waals surface area (Å²) >= 11 is 5.16. The molecule has 0 aromatic rings. The molecular formula is C40H65NS2. The second kappa shape index (κ2) is 12.9. The van der Waals surface area contributed by atoms with E-state index >= 15 is 0 Å². The lowest BCUT2D eigenvalue weighted by molar-refractivity contribution is -0.0391. The van der Waals surface area contributed by atoms with Gasteiger partial charge in [-0.05, 0) is 137 Å². The molecule has 7 saturated carbocycles. The van der Waals surface area contributed by atoms with Crippen molar-refractivity contribution in [2.24, 2.45) is 47.3 Å². The molecule has 1 nitrogen and oxygen atoms in total. The molecule has 12 unspecified atom stereocenters. The zero-order valence-electron chi connectivity index (χ0n) is 27.6. The predicted molar refractivity (Wildman–Crippen MR) is 187 cm³/mol. The molecule has 3 heteroatoms. The van der Waals surface area contributed by atoms with Gasteiger partial charge in [0.15, 0.2) is 0 Å².